The Morgan fingerprint density at radius 3 is 2.24 bits per heavy atom. The summed E-state index contributed by atoms with van der Waals surface area (Å²) in [5.41, 5.74) is 4.41. The summed E-state index contributed by atoms with van der Waals surface area (Å²) in [5, 5.41) is 8.48. The molecule has 188 valence electrons. The maximum Gasteiger partial charge on any atom is 0.203 e. The fourth-order valence-electron chi connectivity index (χ4n) is 5.19. The number of nitrogens with zero attached hydrogens (tertiary/aromatic N) is 2. The van der Waals surface area contributed by atoms with E-state index < -0.39 is 0 Å². The van der Waals surface area contributed by atoms with Gasteiger partial charge in [-0.2, -0.15) is 0 Å². The molecule has 0 atom stereocenters. The molecule has 1 N–H and O–H groups in total. The van der Waals surface area contributed by atoms with Crippen LogP contribution in [0.15, 0.2) is 47.0 Å². The van der Waals surface area contributed by atoms with Crippen LogP contribution in [0, 0.1) is 0 Å². The number of carbonyl (C=O) groups excluding carboxylic acids is 2. The minimum Gasteiger partial charge on any atom is -0.493 e. The summed E-state index contributed by atoms with van der Waals surface area (Å²) < 4.78 is 22.4. The average Bonchev–Trinajstić information content (AvgIpc) is 3.37. The van der Waals surface area contributed by atoms with E-state index in [9.17, 15) is 9.59 Å². The van der Waals surface area contributed by atoms with Gasteiger partial charge in [0.1, 0.15) is 11.3 Å². The number of aromatic nitrogens is 1. The molecule has 4 aromatic rings. The first kappa shape index (κ1) is 22.9. The van der Waals surface area contributed by atoms with Crippen LogP contribution in [0.4, 0.5) is 17.1 Å². The third kappa shape index (κ3) is 3.57. The van der Waals surface area contributed by atoms with Crippen LogP contribution in [0.5, 0.6) is 17.2 Å². The third-order valence-electron chi connectivity index (χ3n) is 6.98. The number of Topliss-reactive ketones (excluding diaryl/α,β-unsaturated/α-hetero) is 1. The monoisotopic (exact) mass is 499 g/mol. The van der Waals surface area contributed by atoms with Gasteiger partial charge in [-0.15, -0.1) is 0 Å². The number of ether oxygens (including phenoxy) is 3. The largest absolute Gasteiger partial charge is 0.493 e. The molecule has 1 aliphatic carbocycles. The number of carbonyl (C=O) groups is 2. The van der Waals surface area contributed by atoms with Gasteiger partial charge in [0.25, 0.3) is 0 Å². The van der Waals surface area contributed by atoms with Crippen LogP contribution < -0.4 is 24.4 Å². The fourth-order valence-corrected chi connectivity index (χ4v) is 5.19. The topological polar surface area (TPSA) is 103 Å². The molecule has 1 aromatic heterocycles. The number of methoxy groups -OCH3 is 3. The van der Waals surface area contributed by atoms with Crippen molar-refractivity contribution < 1.29 is 28.3 Å². The number of hydrogen-bond donors (Lipinski definition) is 1. The Kier molecular flexibility index (Phi) is 5.48. The molecule has 0 radical (unpaired) electrons. The van der Waals surface area contributed by atoms with Gasteiger partial charge in [-0.25, -0.2) is 0 Å². The zero-order chi connectivity index (χ0) is 25.7. The lowest BCUT2D eigenvalue weighted by atomic mass is 9.86. The molecular formula is C28H25N3O6. The van der Waals surface area contributed by atoms with Crippen LogP contribution in [0.3, 0.4) is 0 Å². The lowest BCUT2D eigenvalue weighted by molar-refractivity contribution is -0.119. The zero-order valence-electron chi connectivity index (χ0n) is 20.7. The SMILES string of the molecule is COc1cc(Nc2cc(N3CCC(=O)CC3)c3noc4c3c2C(=O)c2ccccc2-4)cc(OC)c1OC. The van der Waals surface area contributed by atoms with E-state index >= 15 is 0 Å². The summed E-state index contributed by atoms with van der Waals surface area (Å²) in [7, 11) is 4.65. The number of hydrogen-bond acceptors (Lipinski definition) is 9. The van der Waals surface area contributed by atoms with E-state index in [-0.39, 0.29) is 11.6 Å². The molecule has 9 nitrogen and oxygen atoms in total. The number of benzene rings is 3. The van der Waals surface area contributed by atoms with Gasteiger partial charge in [-0.3, -0.25) is 9.59 Å². The van der Waals surface area contributed by atoms with Gasteiger partial charge >= 0.3 is 0 Å². The highest BCUT2D eigenvalue weighted by Crippen LogP contribution is 2.47. The van der Waals surface area contributed by atoms with Gasteiger partial charge < -0.3 is 29.0 Å². The Balaban J connectivity index is 1.57. The van der Waals surface area contributed by atoms with E-state index in [4.69, 9.17) is 18.7 Å². The van der Waals surface area contributed by atoms with E-state index in [1.807, 2.05) is 24.3 Å². The van der Waals surface area contributed by atoms with Crippen molar-refractivity contribution in [1.29, 1.82) is 0 Å². The summed E-state index contributed by atoms with van der Waals surface area (Å²) in [6.07, 6.45) is 0.927. The summed E-state index contributed by atoms with van der Waals surface area (Å²) >= 11 is 0. The molecule has 37 heavy (non-hydrogen) atoms. The van der Waals surface area contributed by atoms with Gasteiger partial charge in [-0.1, -0.05) is 29.4 Å². The van der Waals surface area contributed by atoms with Gasteiger partial charge in [-0.05, 0) is 6.07 Å². The van der Waals surface area contributed by atoms with Gasteiger partial charge in [0.15, 0.2) is 23.0 Å². The number of anilines is 3. The Morgan fingerprint density at radius 1 is 0.919 bits per heavy atom. The Hall–Kier alpha value is -4.53. The van der Waals surface area contributed by atoms with Crippen molar-refractivity contribution in [2.75, 3.05) is 44.6 Å². The number of nitrogens with one attached hydrogen (secondary N) is 1. The highest BCUT2D eigenvalue weighted by molar-refractivity contribution is 6.28. The van der Waals surface area contributed by atoms with Crippen molar-refractivity contribution in [1.82, 2.24) is 5.16 Å². The van der Waals surface area contributed by atoms with E-state index in [0.717, 1.165) is 5.69 Å². The maximum absolute atomic E-state index is 13.8. The summed E-state index contributed by atoms with van der Waals surface area (Å²) in [4.78, 5) is 27.9. The van der Waals surface area contributed by atoms with Crippen molar-refractivity contribution in [3.8, 4) is 28.6 Å². The second-order valence-electron chi connectivity index (χ2n) is 8.99. The molecule has 0 unspecified atom stereocenters. The first-order chi connectivity index (χ1) is 18.0. The minimum atomic E-state index is -0.119. The molecule has 2 heterocycles. The van der Waals surface area contributed by atoms with Crippen molar-refractivity contribution >= 4 is 39.5 Å². The first-order valence-electron chi connectivity index (χ1n) is 12.0. The third-order valence-corrected chi connectivity index (χ3v) is 6.98. The molecular weight excluding hydrogens is 474 g/mol. The molecule has 9 heteroatoms. The van der Waals surface area contributed by atoms with E-state index in [2.05, 4.69) is 15.4 Å². The molecule has 1 aliphatic heterocycles. The lowest BCUT2D eigenvalue weighted by Gasteiger charge is -2.29. The van der Waals surface area contributed by atoms with Crippen LogP contribution in [0.25, 0.3) is 22.2 Å². The van der Waals surface area contributed by atoms with E-state index in [1.165, 1.54) is 0 Å². The Bertz CT molecular complexity index is 1540. The fraction of sp³-hybridized carbons (Fsp3) is 0.250. The van der Waals surface area contributed by atoms with Gasteiger partial charge in [0.05, 0.1) is 43.7 Å². The number of rotatable bonds is 6. The highest BCUT2D eigenvalue weighted by atomic mass is 16.5. The van der Waals surface area contributed by atoms with Crippen molar-refractivity contribution in [2.45, 2.75) is 12.8 Å². The van der Waals surface area contributed by atoms with Crippen LogP contribution >= 0.6 is 0 Å². The van der Waals surface area contributed by atoms with E-state index in [0.29, 0.717) is 87.9 Å². The zero-order valence-corrected chi connectivity index (χ0v) is 20.7. The standard InChI is InChI=1S/C28H25N3O6/c1-34-21-12-15(13-22(35-2)28(21)36-3)29-19-14-20(31-10-8-16(32)9-11-31)25-24-23(19)26(33)17-6-4-5-7-18(17)27(24)37-30-25/h4-7,12-14,29H,8-11H2,1-3H3. The van der Waals surface area contributed by atoms with Crippen LogP contribution in [0.1, 0.15) is 28.8 Å². The molecule has 1 saturated heterocycles. The summed E-state index contributed by atoms with van der Waals surface area (Å²) in [6.45, 7) is 1.15. The molecule has 0 bridgehead atoms. The van der Waals surface area contributed by atoms with Crippen molar-refractivity contribution in [3.05, 3.63) is 53.6 Å². The van der Waals surface area contributed by atoms with Crippen molar-refractivity contribution in [3.63, 3.8) is 0 Å². The quantitative estimate of drug-likeness (QED) is 0.346. The molecule has 2 aliphatic rings. The summed E-state index contributed by atoms with van der Waals surface area (Å²) in [5.74, 6) is 2.12. The van der Waals surface area contributed by atoms with Gasteiger partial charge in [0, 0.05) is 54.9 Å². The average molecular weight is 500 g/mol. The highest BCUT2D eigenvalue weighted by Gasteiger charge is 2.34. The van der Waals surface area contributed by atoms with Crippen LogP contribution in [0.2, 0.25) is 0 Å². The number of ketones is 2. The number of fused-ring (bicyclic) bond motifs is 2. The molecule has 1 fully saturated rings. The minimum absolute atomic E-state index is 0.119. The van der Waals surface area contributed by atoms with Crippen LogP contribution in [-0.2, 0) is 4.79 Å². The molecule has 3 aromatic carbocycles. The molecule has 0 saturated carbocycles. The maximum atomic E-state index is 13.8. The van der Waals surface area contributed by atoms with Crippen molar-refractivity contribution in [2.24, 2.45) is 0 Å². The Morgan fingerprint density at radius 2 is 1.59 bits per heavy atom. The smallest absolute Gasteiger partial charge is 0.203 e. The molecule has 0 amide bonds. The van der Waals surface area contributed by atoms with Crippen LogP contribution in [-0.4, -0.2) is 51.1 Å². The summed E-state index contributed by atoms with van der Waals surface area (Å²) in [6, 6.07) is 12.9. The second-order valence-corrected chi connectivity index (χ2v) is 8.99. The number of piperidine rings is 1. The molecule has 0 spiro atoms. The molecule has 6 rings (SSSR count). The predicted molar refractivity (Wildman–Crippen MR) is 139 cm³/mol. The van der Waals surface area contributed by atoms with E-state index in [1.54, 1.807) is 39.5 Å². The Labute approximate surface area is 212 Å². The predicted octanol–water partition coefficient (Wildman–Crippen LogP) is 4.98. The first-order valence-corrected chi connectivity index (χ1v) is 12.0. The van der Waals surface area contributed by atoms with Gasteiger partial charge in [0.2, 0.25) is 5.75 Å². The lowest BCUT2D eigenvalue weighted by Crippen LogP contribution is -2.34. The normalized spacial score (nSPS) is 14.5. The second kappa shape index (κ2) is 8.85.